The van der Waals surface area contributed by atoms with Crippen LogP contribution in [0.25, 0.3) is 0 Å². The van der Waals surface area contributed by atoms with Crippen LogP contribution in [0.5, 0.6) is 0 Å². The van der Waals surface area contributed by atoms with E-state index in [-0.39, 0.29) is 17.0 Å². The van der Waals surface area contributed by atoms with Crippen molar-refractivity contribution in [1.29, 1.82) is 0 Å². The number of ether oxygens (including phenoxy) is 1. The molecule has 1 aliphatic heterocycles. The number of carbonyl (C=O) groups excluding carboxylic acids is 2. The van der Waals surface area contributed by atoms with Crippen molar-refractivity contribution in [2.75, 3.05) is 18.0 Å². The highest BCUT2D eigenvalue weighted by atomic mass is 16.6. The molecule has 0 radical (unpaired) electrons. The molecule has 2 fully saturated rings. The van der Waals surface area contributed by atoms with Crippen LogP contribution in [0, 0.1) is 10.1 Å². The smallest absolute Gasteiger partial charge is 0.339 e. The van der Waals surface area contributed by atoms with Crippen molar-refractivity contribution in [2.24, 2.45) is 0 Å². The normalized spacial score (nSPS) is 20.9. The molecule has 2 aliphatic rings. The largest absolute Gasteiger partial charge is 0.451 e. The van der Waals surface area contributed by atoms with Gasteiger partial charge in [0.1, 0.15) is 5.69 Å². The van der Waals surface area contributed by atoms with E-state index in [1.165, 1.54) is 12.1 Å². The minimum Gasteiger partial charge on any atom is -0.451 e. The van der Waals surface area contributed by atoms with Gasteiger partial charge in [-0.1, -0.05) is 0 Å². The zero-order valence-corrected chi connectivity index (χ0v) is 13.4. The molecule has 1 saturated carbocycles. The third-order valence-electron chi connectivity index (χ3n) is 4.60. The highest BCUT2D eigenvalue weighted by molar-refractivity contribution is 5.94. The molecule has 1 saturated heterocycles. The maximum absolute atomic E-state index is 12.3. The van der Waals surface area contributed by atoms with Crippen LogP contribution in [0.2, 0.25) is 0 Å². The van der Waals surface area contributed by atoms with Gasteiger partial charge in [-0.2, -0.15) is 0 Å². The molecular weight excluding hydrogens is 312 g/mol. The van der Waals surface area contributed by atoms with Crippen LogP contribution < -0.4 is 4.90 Å². The molecule has 1 aromatic carbocycles. The lowest BCUT2D eigenvalue weighted by molar-refractivity contribution is -0.384. The predicted octanol–water partition coefficient (Wildman–Crippen LogP) is 2.86. The number of hydrogen-bond donors (Lipinski definition) is 0. The number of nitro groups is 1. The number of esters is 1. The molecular formula is C17H20N2O5. The first-order chi connectivity index (χ1) is 11.6. The maximum Gasteiger partial charge on any atom is 0.339 e. The fourth-order valence-electron chi connectivity index (χ4n) is 3.29. The molecule has 0 bridgehead atoms. The van der Waals surface area contributed by atoms with Crippen molar-refractivity contribution in [3.63, 3.8) is 0 Å². The lowest BCUT2D eigenvalue weighted by Crippen LogP contribution is -2.30. The van der Waals surface area contributed by atoms with Gasteiger partial charge in [0.25, 0.3) is 5.69 Å². The minimum absolute atomic E-state index is 0.0715. The fourth-order valence-corrected chi connectivity index (χ4v) is 3.29. The van der Waals surface area contributed by atoms with Gasteiger partial charge in [0.05, 0.1) is 10.5 Å². The van der Waals surface area contributed by atoms with E-state index in [2.05, 4.69) is 0 Å². The Morgan fingerprint density at radius 3 is 2.62 bits per heavy atom. The molecule has 1 aromatic rings. The Kier molecular flexibility index (Phi) is 4.78. The SMILES string of the molecule is O=C(OC1CCCCC1=O)c1ccc(N2CCCC2)c([N+](=O)[O-])c1. The molecule has 1 aliphatic carbocycles. The van der Waals surface area contributed by atoms with E-state index in [1.54, 1.807) is 6.07 Å². The summed E-state index contributed by atoms with van der Waals surface area (Å²) >= 11 is 0. The van der Waals surface area contributed by atoms with Crippen LogP contribution in [0.4, 0.5) is 11.4 Å². The zero-order valence-electron chi connectivity index (χ0n) is 13.4. The molecule has 3 rings (SSSR count). The number of hydrogen-bond acceptors (Lipinski definition) is 6. The number of Topliss-reactive ketones (excluding diaryl/α,β-unsaturated/α-hetero) is 1. The van der Waals surface area contributed by atoms with Crippen molar-refractivity contribution >= 4 is 23.1 Å². The Morgan fingerprint density at radius 2 is 1.96 bits per heavy atom. The number of nitrogens with zero attached hydrogens (tertiary/aromatic N) is 2. The molecule has 0 N–H and O–H groups in total. The highest BCUT2D eigenvalue weighted by Crippen LogP contribution is 2.32. The molecule has 1 atom stereocenters. The van der Waals surface area contributed by atoms with Gasteiger partial charge in [-0.15, -0.1) is 0 Å². The van der Waals surface area contributed by atoms with Crippen molar-refractivity contribution in [3.8, 4) is 0 Å². The van der Waals surface area contributed by atoms with Crippen LogP contribution >= 0.6 is 0 Å². The summed E-state index contributed by atoms with van der Waals surface area (Å²) in [4.78, 5) is 36.9. The summed E-state index contributed by atoms with van der Waals surface area (Å²) in [7, 11) is 0. The van der Waals surface area contributed by atoms with Gasteiger partial charge in [0.2, 0.25) is 0 Å². The summed E-state index contributed by atoms with van der Waals surface area (Å²) in [6, 6.07) is 4.39. The van der Waals surface area contributed by atoms with Crippen LogP contribution in [-0.4, -0.2) is 35.9 Å². The number of anilines is 1. The van der Waals surface area contributed by atoms with Crippen molar-refractivity contribution in [2.45, 2.75) is 44.6 Å². The van der Waals surface area contributed by atoms with Gasteiger partial charge < -0.3 is 9.64 Å². The molecule has 0 aromatic heterocycles. The molecule has 24 heavy (non-hydrogen) atoms. The van der Waals surface area contributed by atoms with E-state index < -0.39 is 17.0 Å². The summed E-state index contributed by atoms with van der Waals surface area (Å²) in [5.41, 5.74) is 0.548. The summed E-state index contributed by atoms with van der Waals surface area (Å²) in [6.45, 7) is 1.56. The van der Waals surface area contributed by atoms with E-state index in [0.29, 0.717) is 18.5 Å². The Balaban J connectivity index is 1.80. The Labute approximate surface area is 139 Å². The summed E-state index contributed by atoms with van der Waals surface area (Å²) < 4.78 is 5.27. The standard InChI is InChI=1S/C17H20N2O5/c20-15-5-1-2-6-16(15)24-17(21)12-7-8-13(14(11-12)19(22)23)18-9-3-4-10-18/h7-8,11,16H,1-6,9-10H2. The molecule has 1 unspecified atom stereocenters. The zero-order chi connectivity index (χ0) is 17.1. The second kappa shape index (κ2) is 6.98. The lowest BCUT2D eigenvalue weighted by atomic mass is 9.96. The summed E-state index contributed by atoms with van der Waals surface area (Å²) in [5, 5.41) is 11.4. The number of benzene rings is 1. The van der Waals surface area contributed by atoms with E-state index in [9.17, 15) is 19.7 Å². The van der Waals surface area contributed by atoms with Gasteiger partial charge in [-0.3, -0.25) is 14.9 Å². The van der Waals surface area contributed by atoms with Gasteiger partial charge >= 0.3 is 5.97 Å². The van der Waals surface area contributed by atoms with Gasteiger partial charge in [0, 0.05) is 25.6 Å². The van der Waals surface area contributed by atoms with Crippen LogP contribution in [0.15, 0.2) is 18.2 Å². The van der Waals surface area contributed by atoms with Gasteiger partial charge in [-0.25, -0.2) is 4.79 Å². The average molecular weight is 332 g/mol. The Morgan fingerprint density at radius 1 is 1.21 bits per heavy atom. The molecule has 0 amide bonds. The second-order valence-electron chi connectivity index (χ2n) is 6.26. The van der Waals surface area contributed by atoms with E-state index >= 15 is 0 Å². The van der Waals surface area contributed by atoms with Crippen LogP contribution in [0.1, 0.15) is 48.9 Å². The fraction of sp³-hybridized carbons (Fsp3) is 0.529. The predicted molar refractivity (Wildman–Crippen MR) is 87.2 cm³/mol. The Hall–Kier alpha value is -2.44. The van der Waals surface area contributed by atoms with Gasteiger partial charge in [0.15, 0.2) is 11.9 Å². The molecule has 128 valence electrons. The molecule has 0 spiro atoms. The quantitative estimate of drug-likeness (QED) is 0.478. The van der Waals surface area contributed by atoms with Crippen LogP contribution in [0.3, 0.4) is 0 Å². The van der Waals surface area contributed by atoms with E-state index in [1.807, 2.05) is 4.90 Å². The maximum atomic E-state index is 12.3. The second-order valence-corrected chi connectivity index (χ2v) is 6.26. The van der Waals surface area contributed by atoms with Crippen molar-refractivity contribution in [3.05, 3.63) is 33.9 Å². The summed E-state index contributed by atoms with van der Waals surface area (Å²) in [5.74, 6) is -0.746. The number of carbonyl (C=O) groups is 2. The first kappa shape index (κ1) is 16.4. The third-order valence-corrected chi connectivity index (χ3v) is 4.60. The number of nitro benzene ring substituents is 1. The van der Waals surface area contributed by atoms with Gasteiger partial charge in [-0.05, 0) is 44.2 Å². The van der Waals surface area contributed by atoms with Crippen LogP contribution in [-0.2, 0) is 9.53 Å². The van der Waals surface area contributed by atoms with E-state index in [0.717, 1.165) is 38.8 Å². The first-order valence-electron chi connectivity index (χ1n) is 8.33. The first-order valence-corrected chi connectivity index (χ1v) is 8.33. The molecule has 1 heterocycles. The minimum atomic E-state index is -0.719. The number of ketones is 1. The highest BCUT2D eigenvalue weighted by Gasteiger charge is 2.28. The molecule has 7 heteroatoms. The lowest BCUT2D eigenvalue weighted by Gasteiger charge is -2.21. The Bertz CT molecular complexity index is 667. The monoisotopic (exact) mass is 332 g/mol. The molecule has 7 nitrogen and oxygen atoms in total. The topological polar surface area (TPSA) is 89.8 Å². The van der Waals surface area contributed by atoms with Crippen molar-refractivity contribution < 1.29 is 19.2 Å². The number of rotatable bonds is 4. The summed E-state index contributed by atoms with van der Waals surface area (Å²) in [6.07, 6.45) is 3.91. The van der Waals surface area contributed by atoms with E-state index in [4.69, 9.17) is 4.74 Å². The third kappa shape index (κ3) is 3.39. The van der Waals surface area contributed by atoms with Crippen molar-refractivity contribution in [1.82, 2.24) is 0 Å². The average Bonchev–Trinajstić information content (AvgIpc) is 3.10.